The Hall–Kier alpha value is -1.31. The third kappa shape index (κ3) is 4.47. The molecule has 88 valence electrons. The van der Waals surface area contributed by atoms with Crippen LogP contribution in [0.2, 0.25) is 0 Å². The summed E-state index contributed by atoms with van der Waals surface area (Å²) in [7, 11) is 0. The topological polar surface area (TPSA) is 29.1 Å². The number of carbonyl (C=O) groups is 1. The Balaban J connectivity index is 2.40. The quantitative estimate of drug-likeness (QED) is 0.803. The maximum Gasteiger partial charge on any atom is 0.227 e. The highest BCUT2D eigenvalue weighted by atomic mass is 16.1. The molecule has 0 aliphatic heterocycles. The zero-order valence-corrected chi connectivity index (χ0v) is 10.4. The number of hydrogen-bond acceptors (Lipinski definition) is 1. The number of amides is 1. The van der Waals surface area contributed by atoms with Crippen LogP contribution in [-0.2, 0) is 4.79 Å². The highest BCUT2D eigenvalue weighted by molar-refractivity contribution is 5.92. The van der Waals surface area contributed by atoms with Gasteiger partial charge >= 0.3 is 0 Å². The molecule has 0 bridgehead atoms. The van der Waals surface area contributed by atoms with Crippen molar-refractivity contribution < 1.29 is 4.79 Å². The number of benzene rings is 1. The summed E-state index contributed by atoms with van der Waals surface area (Å²) in [5.74, 6) is 0.862. The fraction of sp³-hybridized carbons (Fsp3) is 0.500. The Morgan fingerprint density at radius 3 is 2.31 bits per heavy atom. The Morgan fingerprint density at radius 1 is 1.12 bits per heavy atom. The highest BCUT2D eigenvalue weighted by Crippen LogP contribution is 2.14. The Morgan fingerprint density at radius 2 is 1.75 bits per heavy atom. The Labute approximate surface area is 98.1 Å². The van der Waals surface area contributed by atoms with Gasteiger partial charge in [-0.3, -0.25) is 4.79 Å². The predicted molar refractivity (Wildman–Crippen MR) is 68.3 cm³/mol. The summed E-state index contributed by atoms with van der Waals surface area (Å²) in [6.07, 6.45) is 2.06. The van der Waals surface area contributed by atoms with Crippen molar-refractivity contribution in [2.45, 2.75) is 33.6 Å². The first-order chi connectivity index (χ1) is 7.59. The molecule has 0 aliphatic rings. The molecular weight excluding hydrogens is 198 g/mol. The van der Waals surface area contributed by atoms with Crippen molar-refractivity contribution in [1.29, 1.82) is 0 Å². The fourth-order valence-corrected chi connectivity index (χ4v) is 1.50. The van der Waals surface area contributed by atoms with E-state index >= 15 is 0 Å². The zero-order chi connectivity index (χ0) is 12.0. The predicted octanol–water partition coefficient (Wildman–Crippen LogP) is 3.70. The molecule has 1 aromatic carbocycles. The van der Waals surface area contributed by atoms with Gasteiger partial charge in [-0.1, -0.05) is 45.4 Å². The van der Waals surface area contributed by atoms with Crippen molar-refractivity contribution in [1.82, 2.24) is 0 Å². The molecule has 1 atom stereocenters. The summed E-state index contributed by atoms with van der Waals surface area (Å²) >= 11 is 0. The first-order valence-corrected chi connectivity index (χ1v) is 5.95. The van der Waals surface area contributed by atoms with Gasteiger partial charge in [0.25, 0.3) is 0 Å². The van der Waals surface area contributed by atoms with E-state index in [9.17, 15) is 4.79 Å². The average Bonchev–Trinajstić information content (AvgIpc) is 2.27. The normalized spacial score (nSPS) is 12.5. The van der Waals surface area contributed by atoms with Gasteiger partial charge in [0.2, 0.25) is 5.91 Å². The third-order valence-electron chi connectivity index (χ3n) is 2.67. The molecule has 1 N–H and O–H groups in total. The molecule has 1 unspecified atom stereocenters. The summed E-state index contributed by atoms with van der Waals surface area (Å²) in [5.41, 5.74) is 0.879. The van der Waals surface area contributed by atoms with Crippen LogP contribution in [0.4, 0.5) is 5.69 Å². The standard InChI is InChI=1S/C14H21NO/c1-11(2)9-10-12(3)14(16)15-13-7-5-4-6-8-13/h4-8,11-12H,9-10H2,1-3H3,(H,15,16). The van der Waals surface area contributed by atoms with Crippen LogP contribution in [0.1, 0.15) is 33.6 Å². The van der Waals surface area contributed by atoms with Crippen molar-refractivity contribution in [3.8, 4) is 0 Å². The van der Waals surface area contributed by atoms with Crippen molar-refractivity contribution in [3.05, 3.63) is 30.3 Å². The monoisotopic (exact) mass is 219 g/mol. The van der Waals surface area contributed by atoms with Gasteiger partial charge in [-0.05, 0) is 24.5 Å². The fourth-order valence-electron chi connectivity index (χ4n) is 1.50. The van der Waals surface area contributed by atoms with Crippen LogP contribution in [-0.4, -0.2) is 5.91 Å². The van der Waals surface area contributed by atoms with E-state index < -0.39 is 0 Å². The van der Waals surface area contributed by atoms with Gasteiger partial charge in [-0.2, -0.15) is 0 Å². The molecule has 1 aromatic rings. The number of nitrogens with one attached hydrogen (secondary N) is 1. The average molecular weight is 219 g/mol. The van der Waals surface area contributed by atoms with Crippen LogP contribution >= 0.6 is 0 Å². The lowest BCUT2D eigenvalue weighted by molar-refractivity contribution is -0.119. The minimum absolute atomic E-state index is 0.0857. The van der Waals surface area contributed by atoms with Crippen LogP contribution in [0.25, 0.3) is 0 Å². The second kappa shape index (κ2) is 6.31. The van der Waals surface area contributed by atoms with Crippen LogP contribution in [0.15, 0.2) is 30.3 Å². The third-order valence-corrected chi connectivity index (χ3v) is 2.67. The van der Waals surface area contributed by atoms with E-state index in [2.05, 4.69) is 19.2 Å². The number of anilines is 1. The summed E-state index contributed by atoms with van der Waals surface area (Å²) < 4.78 is 0. The molecule has 0 spiro atoms. The number of carbonyl (C=O) groups excluding carboxylic acids is 1. The zero-order valence-electron chi connectivity index (χ0n) is 10.4. The molecule has 0 saturated carbocycles. The van der Waals surface area contributed by atoms with Crippen molar-refractivity contribution in [3.63, 3.8) is 0 Å². The lowest BCUT2D eigenvalue weighted by Gasteiger charge is -2.13. The lowest BCUT2D eigenvalue weighted by atomic mass is 9.99. The van der Waals surface area contributed by atoms with Gasteiger partial charge in [-0.15, -0.1) is 0 Å². The summed E-state index contributed by atoms with van der Waals surface area (Å²) in [5, 5.41) is 2.93. The number of rotatable bonds is 5. The molecular formula is C14H21NO. The van der Waals surface area contributed by atoms with Gasteiger partial charge in [-0.25, -0.2) is 0 Å². The summed E-state index contributed by atoms with van der Waals surface area (Å²) in [6, 6.07) is 9.61. The second-order valence-corrected chi connectivity index (χ2v) is 4.73. The van der Waals surface area contributed by atoms with Crippen LogP contribution in [0.5, 0.6) is 0 Å². The van der Waals surface area contributed by atoms with Gasteiger partial charge in [0, 0.05) is 11.6 Å². The molecule has 1 amide bonds. The van der Waals surface area contributed by atoms with Gasteiger partial charge in [0.15, 0.2) is 0 Å². The first kappa shape index (κ1) is 12.8. The van der Waals surface area contributed by atoms with Crippen molar-refractivity contribution in [2.75, 3.05) is 5.32 Å². The Bertz CT molecular complexity index is 319. The maximum atomic E-state index is 11.8. The largest absolute Gasteiger partial charge is 0.326 e. The van der Waals surface area contributed by atoms with E-state index in [1.54, 1.807) is 0 Å². The van der Waals surface area contributed by atoms with E-state index in [-0.39, 0.29) is 11.8 Å². The van der Waals surface area contributed by atoms with Gasteiger partial charge in [0.1, 0.15) is 0 Å². The summed E-state index contributed by atoms with van der Waals surface area (Å²) in [4.78, 5) is 11.8. The molecule has 0 heterocycles. The summed E-state index contributed by atoms with van der Waals surface area (Å²) in [6.45, 7) is 6.35. The molecule has 0 fully saturated rings. The van der Waals surface area contributed by atoms with Crippen molar-refractivity contribution in [2.24, 2.45) is 11.8 Å². The molecule has 2 heteroatoms. The minimum Gasteiger partial charge on any atom is -0.326 e. The van der Waals surface area contributed by atoms with Crippen LogP contribution in [0.3, 0.4) is 0 Å². The van der Waals surface area contributed by atoms with Crippen LogP contribution < -0.4 is 5.32 Å². The van der Waals surface area contributed by atoms with E-state index in [4.69, 9.17) is 0 Å². The Kier molecular flexibility index (Phi) is 5.03. The number of hydrogen-bond donors (Lipinski definition) is 1. The molecule has 0 saturated heterocycles. The van der Waals surface area contributed by atoms with E-state index in [1.807, 2.05) is 37.3 Å². The van der Waals surface area contributed by atoms with Crippen LogP contribution in [0, 0.1) is 11.8 Å². The maximum absolute atomic E-state index is 11.8. The molecule has 0 aliphatic carbocycles. The first-order valence-electron chi connectivity index (χ1n) is 5.95. The number of para-hydroxylation sites is 1. The van der Waals surface area contributed by atoms with E-state index in [0.29, 0.717) is 5.92 Å². The van der Waals surface area contributed by atoms with E-state index in [0.717, 1.165) is 18.5 Å². The molecule has 2 nitrogen and oxygen atoms in total. The smallest absolute Gasteiger partial charge is 0.227 e. The van der Waals surface area contributed by atoms with Gasteiger partial charge < -0.3 is 5.32 Å². The SMILES string of the molecule is CC(C)CCC(C)C(=O)Nc1ccccc1. The highest BCUT2D eigenvalue weighted by Gasteiger charge is 2.13. The second-order valence-electron chi connectivity index (χ2n) is 4.73. The minimum atomic E-state index is 0.0857. The molecule has 0 radical (unpaired) electrons. The van der Waals surface area contributed by atoms with E-state index in [1.165, 1.54) is 0 Å². The van der Waals surface area contributed by atoms with Gasteiger partial charge in [0.05, 0.1) is 0 Å². The molecule has 1 rings (SSSR count). The van der Waals surface area contributed by atoms with Crippen molar-refractivity contribution >= 4 is 11.6 Å². The molecule has 0 aromatic heterocycles. The lowest BCUT2D eigenvalue weighted by Crippen LogP contribution is -2.20. The molecule has 16 heavy (non-hydrogen) atoms.